The summed E-state index contributed by atoms with van der Waals surface area (Å²) in [5, 5.41) is 8.28. The maximum Gasteiger partial charge on any atom is 0.276 e. The van der Waals surface area contributed by atoms with Crippen LogP contribution in [0.5, 0.6) is 0 Å². The van der Waals surface area contributed by atoms with Gasteiger partial charge in [-0.3, -0.25) is 4.79 Å². The number of amides is 1. The molecule has 2 saturated heterocycles. The molecule has 3 heterocycles. The summed E-state index contributed by atoms with van der Waals surface area (Å²) in [5.41, 5.74) is 1.46. The third-order valence-corrected chi connectivity index (χ3v) is 8.44. The maximum atomic E-state index is 13.1. The molecule has 2 fully saturated rings. The van der Waals surface area contributed by atoms with Gasteiger partial charge in [0.15, 0.2) is 5.69 Å². The molecule has 0 N–H and O–H groups in total. The minimum absolute atomic E-state index is 0.0212. The fourth-order valence-electron chi connectivity index (χ4n) is 4.44. The molecule has 1 aromatic carbocycles. The Balaban J connectivity index is 1.39. The predicted molar refractivity (Wildman–Crippen MR) is 122 cm³/mol. The van der Waals surface area contributed by atoms with Gasteiger partial charge in [0.1, 0.15) is 0 Å². The Morgan fingerprint density at radius 1 is 0.969 bits per heavy atom. The van der Waals surface area contributed by atoms with Crippen molar-refractivity contribution in [1.29, 1.82) is 0 Å². The molecule has 1 aromatic heterocycles. The monoisotopic (exact) mass is 459 g/mol. The van der Waals surface area contributed by atoms with Crippen LogP contribution >= 0.6 is 0 Å². The average Bonchev–Trinajstić information content (AvgIpc) is 3.29. The van der Waals surface area contributed by atoms with Crippen LogP contribution in [0.25, 0.3) is 0 Å². The first-order valence-corrected chi connectivity index (χ1v) is 12.9. The van der Waals surface area contributed by atoms with Crippen LogP contribution in [0.15, 0.2) is 35.4 Å². The van der Waals surface area contributed by atoms with E-state index >= 15 is 0 Å². The van der Waals surface area contributed by atoms with Crippen molar-refractivity contribution < 1.29 is 13.2 Å². The number of likely N-dealkylation sites (tertiary alicyclic amines) is 1. The van der Waals surface area contributed by atoms with Crippen molar-refractivity contribution in [1.82, 2.24) is 24.2 Å². The highest BCUT2D eigenvalue weighted by molar-refractivity contribution is 7.89. The normalized spacial score (nSPS) is 19.3. The topological polar surface area (TPSA) is 88.4 Å². The molecule has 4 rings (SSSR count). The molecule has 1 amide bonds. The Bertz CT molecular complexity index is 1040. The first kappa shape index (κ1) is 22.9. The average molecular weight is 460 g/mol. The number of rotatable bonds is 4. The summed E-state index contributed by atoms with van der Waals surface area (Å²) >= 11 is 0. The Kier molecular flexibility index (Phi) is 6.40. The number of benzene rings is 1. The molecule has 0 saturated carbocycles. The van der Waals surface area contributed by atoms with Gasteiger partial charge in [-0.15, -0.1) is 5.10 Å². The van der Waals surface area contributed by atoms with Crippen LogP contribution in [-0.4, -0.2) is 64.7 Å². The standard InChI is InChI=1S/C23H33N5O3S/c1-23(2,3)18-7-9-20(10-8-18)32(30,31)27-15-11-19(12-16-27)28-17-21(24-25-28)22(29)26-13-5-4-6-14-26/h7-10,17,19H,4-6,11-16H2,1-3H3. The minimum atomic E-state index is -3.53. The van der Waals surface area contributed by atoms with Crippen LogP contribution in [0.1, 0.15) is 75.0 Å². The number of piperidine rings is 2. The van der Waals surface area contributed by atoms with Gasteiger partial charge in [0.25, 0.3) is 5.91 Å². The van der Waals surface area contributed by atoms with Crippen LogP contribution < -0.4 is 0 Å². The number of hydrogen-bond acceptors (Lipinski definition) is 5. The van der Waals surface area contributed by atoms with E-state index in [0.717, 1.165) is 31.5 Å². The summed E-state index contributed by atoms with van der Waals surface area (Å²) in [4.78, 5) is 14.8. The summed E-state index contributed by atoms with van der Waals surface area (Å²) in [5.74, 6) is -0.0605. The van der Waals surface area contributed by atoms with E-state index < -0.39 is 10.0 Å². The fraction of sp³-hybridized carbons (Fsp3) is 0.609. The van der Waals surface area contributed by atoms with E-state index in [1.54, 1.807) is 27.3 Å². The van der Waals surface area contributed by atoms with Crippen molar-refractivity contribution in [2.24, 2.45) is 0 Å². The lowest BCUT2D eigenvalue weighted by Gasteiger charge is -2.31. The molecule has 2 aromatic rings. The van der Waals surface area contributed by atoms with Crippen molar-refractivity contribution in [3.63, 3.8) is 0 Å². The lowest BCUT2D eigenvalue weighted by atomic mass is 9.87. The number of carbonyl (C=O) groups is 1. The molecule has 32 heavy (non-hydrogen) atoms. The Morgan fingerprint density at radius 3 is 2.19 bits per heavy atom. The SMILES string of the molecule is CC(C)(C)c1ccc(S(=O)(=O)N2CCC(n3cc(C(=O)N4CCCCC4)nn3)CC2)cc1. The highest BCUT2D eigenvalue weighted by Gasteiger charge is 2.31. The van der Waals surface area contributed by atoms with Crippen molar-refractivity contribution >= 4 is 15.9 Å². The largest absolute Gasteiger partial charge is 0.337 e. The van der Waals surface area contributed by atoms with Crippen LogP contribution in [-0.2, 0) is 15.4 Å². The Hall–Kier alpha value is -2.26. The lowest BCUT2D eigenvalue weighted by molar-refractivity contribution is 0.0718. The third-order valence-electron chi connectivity index (χ3n) is 6.53. The number of aromatic nitrogens is 3. The fourth-order valence-corrected chi connectivity index (χ4v) is 5.90. The summed E-state index contributed by atoms with van der Waals surface area (Å²) < 4.78 is 29.5. The molecule has 0 bridgehead atoms. The zero-order valence-electron chi connectivity index (χ0n) is 19.2. The van der Waals surface area contributed by atoms with E-state index in [4.69, 9.17) is 0 Å². The van der Waals surface area contributed by atoms with E-state index in [0.29, 0.717) is 36.5 Å². The van der Waals surface area contributed by atoms with Gasteiger partial charge in [-0.1, -0.05) is 38.1 Å². The molecule has 9 heteroatoms. The van der Waals surface area contributed by atoms with Crippen LogP contribution in [0.2, 0.25) is 0 Å². The van der Waals surface area contributed by atoms with Gasteiger partial charge in [-0.2, -0.15) is 4.31 Å². The second-order valence-corrected chi connectivity index (χ2v) is 11.8. The minimum Gasteiger partial charge on any atom is -0.337 e. The number of hydrogen-bond donors (Lipinski definition) is 0. The smallest absolute Gasteiger partial charge is 0.276 e. The highest BCUT2D eigenvalue weighted by Crippen LogP contribution is 2.28. The van der Waals surface area contributed by atoms with Crippen molar-refractivity contribution in [2.45, 2.75) is 69.2 Å². The van der Waals surface area contributed by atoms with Crippen molar-refractivity contribution in [3.05, 3.63) is 41.7 Å². The van der Waals surface area contributed by atoms with E-state index in [1.807, 2.05) is 17.0 Å². The second-order valence-electron chi connectivity index (χ2n) is 9.85. The maximum absolute atomic E-state index is 13.1. The molecular weight excluding hydrogens is 426 g/mol. The summed E-state index contributed by atoms with van der Waals surface area (Å²) in [6, 6.07) is 7.25. The van der Waals surface area contributed by atoms with E-state index in [2.05, 4.69) is 31.1 Å². The molecular formula is C23H33N5O3S. The van der Waals surface area contributed by atoms with E-state index in [-0.39, 0.29) is 17.4 Å². The Labute approximate surface area is 190 Å². The van der Waals surface area contributed by atoms with Crippen molar-refractivity contribution in [2.75, 3.05) is 26.2 Å². The van der Waals surface area contributed by atoms with Crippen molar-refractivity contribution in [3.8, 4) is 0 Å². The molecule has 0 unspecified atom stereocenters. The van der Waals surface area contributed by atoms with E-state index in [9.17, 15) is 13.2 Å². The first-order valence-electron chi connectivity index (χ1n) is 11.5. The predicted octanol–water partition coefficient (Wildman–Crippen LogP) is 3.23. The van der Waals surface area contributed by atoms with Crippen LogP contribution in [0.4, 0.5) is 0 Å². The summed E-state index contributed by atoms with van der Waals surface area (Å²) in [6.07, 6.45) is 6.23. The third kappa shape index (κ3) is 4.73. The zero-order valence-corrected chi connectivity index (χ0v) is 20.0. The summed E-state index contributed by atoms with van der Waals surface area (Å²) in [6.45, 7) is 8.72. The van der Waals surface area contributed by atoms with Gasteiger partial charge in [-0.25, -0.2) is 13.1 Å². The second kappa shape index (κ2) is 8.94. The number of carbonyl (C=O) groups excluding carboxylic acids is 1. The van der Waals surface area contributed by atoms with Crippen LogP contribution in [0, 0.1) is 0 Å². The van der Waals surface area contributed by atoms with Gasteiger partial charge >= 0.3 is 0 Å². The Morgan fingerprint density at radius 2 is 1.59 bits per heavy atom. The molecule has 2 aliphatic heterocycles. The molecule has 0 aliphatic carbocycles. The van der Waals surface area contributed by atoms with Gasteiger partial charge in [0.05, 0.1) is 17.1 Å². The van der Waals surface area contributed by atoms with Gasteiger partial charge < -0.3 is 4.90 Å². The van der Waals surface area contributed by atoms with Gasteiger partial charge in [-0.05, 0) is 55.2 Å². The summed E-state index contributed by atoms with van der Waals surface area (Å²) in [7, 11) is -3.53. The molecule has 2 aliphatic rings. The molecule has 174 valence electrons. The quantitative estimate of drug-likeness (QED) is 0.700. The zero-order chi connectivity index (χ0) is 22.9. The van der Waals surface area contributed by atoms with Gasteiger partial charge in [0.2, 0.25) is 10.0 Å². The molecule has 0 radical (unpaired) electrons. The molecule has 0 spiro atoms. The first-order chi connectivity index (χ1) is 15.2. The lowest BCUT2D eigenvalue weighted by Crippen LogP contribution is -2.39. The number of sulfonamides is 1. The number of nitrogens with zero attached hydrogens (tertiary/aromatic N) is 5. The van der Waals surface area contributed by atoms with Gasteiger partial charge in [0, 0.05) is 26.2 Å². The molecule has 8 nitrogen and oxygen atoms in total. The highest BCUT2D eigenvalue weighted by atomic mass is 32.2. The van der Waals surface area contributed by atoms with Crippen LogP contribution in [0.3, 0.4) is 0 Å². The van der Waals surface area contributed by atoms with E-state index in [1.165, 1.54) is 6.42 Å². The molecule has 0 atom stereocenters.